The van der Waals surface area contributed by atoms with E-state index >= 15 is 0 Å². The molecule has 0 heterocycles. The molecule has 0 spiro atoms. The Labute approximate surface area is 145 Å². The molecule has 2 amide bonds. The highest BCUT2D eigenvalue weighted by Crippen LogP contribution is 2.25. The first-order valence-electron chi connectivity index (χ1n) is 8.83. The van der Waals surface area contributed by atoms with Crippen molar-refractivity contribution in [3.8, 4) is 0 Å². The Balaban J connectivity index is 2.00. The van der Waals surface area contributed by atoms with Crippen LogP contribution in [0, 0.1) is 5.41 Å². The standard InChI is InChI=1S/C20H30N2O2/c1-19(2,3)14-10-12-16(13-11-14)22-18(24)20(4,5)17(23)21-15-8-6-7-9-15/h10-13,15H,6-9H2,1-5H3,(H,21,23)(H,22,24). The van der Waals surface area contributed by atoms with Gasteiger partial charge in [0.05, 0.1) is 0 Å². The molecule has 2 rings (SSSR count). The van der Waals surface area contributed by atoms with Crippen molar-refractivity contribution < 1.29 is 9.59 Å². The van der Waals surface area contributed by atoms with E-state index in [0.717, 1.165) is 31.4 Å². The zero-order valence-electron chi connectivity index (χ0n) is 15.5. The molecule has 0 bridgehead atoms. The zero-order chi connectivity index (χ0) is 18.0. The van der Waals surface area contributed by atoms with Gasteiger partial charge >= 0.3 is 0 Å². The lowest BCUT2D eigenvalue weighted by atomic mass is 9.87. The summed E-state index contributed by atoms with van der Waals surface area (Å²) < 4.78 is 0. The van der Waals surface area contributed by atoms with Crippen molar-refractivity contribution in [3.05, 3.63) is 29.8 Å². The fourth-order valence-corrected chi connectivity index (χ4v) is 2.88. The normalized spacial score (nSPS) is 16.0. The van der Waals surface area contributed by atoms with Crippen molar-refractivity contribution in [2.75, 3.05) is 5.32 Å². The maximum absolute atomic E-state index is 12.6. The molecule has 0 saturated heterocycles. The first-order valence-corrected chi connectivity index (χ1v) is 8.83. The van der Waals surface area contributed by atoms with Gasteiger partial charge < -0.3 is 10.6 Å². The fraction of sp³-hybridized carbons (Fsp3) is 0.600. The van der Waals surface area contributed by atoms with Crippen molar-refractivity contribution in [2.24, 2.45) is 5.41 Å². The number of carbonyl (C=O) groups excluding carboxylic acids is 2. The molecular formula is C20H30N2O2. The lowest BCUT2D eigenvalue weighted by Crippen LogP contribution is -2.47. The molecule has 0 unspecified atom stereocenters. The van der Waals surface area contributed by atoms with E-state index in [1.54, 1.807) is 13.8 Å². The zero-order valence-corrected chi connectivity index (χ0v) is 15.5. The lowest BCUT2D eigenvalue weighted by Gasteiger charge is -2.25. The summed E-state index contributed by atoms with van der Waals surface area (Å²) in [4.78, 5) is 25.0. The summed E-state index contributed by atoms with van der Waals surface area (Å²) in [5.74, 6) is -0.472. The van der Waals surface area contributed by atoms with Gasteiger partial charge in [-0.3, -0.25) is 9.59 Å². The first-order chi connectivity index (χ1) is 11.1. The number of rotatable bonds is 4. The number of carbonyl (C=O) groups is 2. The molecule has 1 aromatic rings. The molecule has 4 nitrogen and oxygen atoms in total. The highest BCUT2D eigenvalue weighted by atomic mass is 16.2. The van der Waals surface area contributed by atoms with Crippen LogP contribution in [-0.2, 0) is 15.0 Å². The Morgan fingerprint density at radius 2 is 1.46 bits per heavy atom. The fourth-order valence-electron chi connectivity index (χ4n) is 2.88. The van der Waals surface area contributed by atoms with E-state index in [1.807, 2.05) is 24.3 Å². The average Bonchev–Trinajstić information content (AvgIpc) is 2.99. The Kier molecular flexibility index (Phi) is 5.36. The van der Waals surface area contributed by atoms with Gasteiger partial charge in [-0.05, 0) is 49.8 Å². The van der Waals surface area contributed by atoms with E-state index in [-0.39, 0.29) is 23.3 Å². The van der Waals surface area contributed by atoms with Gasteiger partial charge in [0.25, 0.3) is 0 Å². The maximum atomic E-state index is 12.6. The lowest BCUT2D eigenvalue weighted by molar-refractivity contribution is -0.138. The number of anilines is 1. The van der Waals surface area contributed by atoms with E-state index in [1.165, 1.54) is 5.56 Å². The predicted molar refractivity (Wildman–Crippen MR) is 98.0 cm³/mol. The van der Waals surface area contributed by atoms with Crippen molar-refractivity contribution in [1.29, 1.82) is 0 Å². The minimum Gasteiger partial charge on any atom is -0.352 e. The third-order valence-corrected chi connectivity index (χ3v) is 4.83. The van der Waals surface area contributed by atoms with Crippen LogP contribution in [0.4, 0.5) is 5.69 Å². The summed E-state index contributed by atoms with van der Waals surface area (Å²) in [6, 6.07) is 8.03. The SMILES string of the molecule is CC(C)(C(=O)Nc1ccc(C(C)(C)C)cc1)C(=O)NC1CCCC1. The summed E-state index contributed by atoms with van der Waals surface area (Å²) >= 11 is 0. The van der Waals surface area contributed by atoms with Crippen LogP contribution in [0.25, 0.3) is 0 Å². The summed E-state index contributed by atoms with van der Waals surface area (Å²) in [5, 5.41) is 5.88. The molecule has 1 aromatic carbocycles. The number of hydrogen-bond donors (Lipinski definition) is 2. The minimum atomic E-state index is -1.09. The van der Waals surface area contributed by atoms with Crippen LogP contribution in [0.5, 0.6) is 0 Å². The molecule has 132 valence electrons. The number of hydrogen-bond acceptors (Lipinski definition) is 2. The molecule has 1 saturated carbocycles. The molecule has 0 radical (unpaired) electrons. The second-order valence-corrected chi connectivity index (χ2v) is 8.36. The number of benzene rings is 1. The molecule has 1 aliphatic rings. The van der Waals surface area contributed by atoms with Crippen LogP contribution in [-0.4, -0.2) is 17.9 Å². The first kappa shape index (κ1) is 18.5. The largest absolute Gasteiger partial charge is 0.352 e. The predicted octanol–water partition coefficient (Wildman–Crippen LogP) is 4.01. The molecule has 0 aliphatic heterocycles. The maximum Gasteiger partial charge on any atom is 0.239 e. The molecule has 0 aromatic heterocycles. The Morgan fingerprint density at radius 3 is 1.96 bits per heavy atom. The number of amides is 2. The summed E-state index contributed by atoms with van der Waals surface area (Å²) in [7, 11) is 0. The van der Waals surface area contributed by atoms with Crippen LogP contribution < -0.4 is 10.6 Å². The molecule has 4 heteroatoms. The molecule has 0 atom stereocenters. The van der Waals surface area contributed by atoms with Gasteiger partial charge in [-0.15, -0.1) is 0 Å². The van der Waals surface area contributed by atoms with E-state index in [9.17, 15) is 9.59 Å². The Bertz CT molecular complexity index is 591. The molecule has 24 heavy (non-hydrogen) atoms. The second-order valence-electron chi connectivity index (χ2n) is 8.36. The smallest absolute Gasteiger partial charge is 0.239 e. The Morgan fingerprint density at radius 1 is 0.917 bits per heavy atom. The average molecular weight is 330 g/mol. The summed E-state index contributed by atoms with van der Waals surface area (Å²) in [5.41, 5.74) is 0.905. The summed E-state index contributed by atoms with van der Waals surface area (Å²) in [6.45, 7) is 9.80. The monoisotopic (exact) mass is 330 g/mol. The highest BCUT2D eigenvalue weighted by Gasteiger charge is 2.37. The molecular weight excluding hydrogens is 300 g/mol. The summed E-state index contributed by atoms with van der Waals surface area (Å²) in [6.07, 6.45) is 4.32. The van der Waals surface area contributed by atoms with E-state index in [2.05, 4.69) is 31.4 Å². The number of nitrogens with one attached hydrogen (secondary N) is 2. The highest BCUT2D eigenvalue weighted by molar-refractivity contribution is 6.09. The van der Waals surface area contributed by atoms with Crippen molar-refractivity contribution >= 4 is 17.5 Å². The third-order valence-electron chi connectivity index (χ3n) is 4.83. The van der Waals surface area contributed by atoms with Crippen LogP contribution in [0.1, 0.15) is 65.9 Å². The molecule has 1 fully saturated rings. The molecule has 1 aliphatic carbocycles. The van der Waals surface area contributed by atoms with Crippen molar-refractivity contribution in [2.45, 2.75) is 71.8 Å². The quantitative estimate of drug-likeness (QED) is 0.820. The van der Waals surface area contributed by atoms with Gasteiger partial charge in [-0.25, -0.2) is 0 Å². The van der Waals surface area contributed by atoms with Crippen LogP contribution >= 0.6 is 0 Å². The van der Waals surface area contributed by atoms with E-state index in [0.29, 0.717) is 0 Å². The van der Waals surface area contributed by atoms with E-state index in [4.69, 9.17) is 0 Å². The van der Waals surface area contributed by atoms with Crippen LogP contribution in [0.15, 0.2) is 24.3 Å². The van der Waals surface area contributed by atoms with E-state index < -0.39 is 5.41 Å². The van der Waals surface area contributed by atoms with Crippen LogP contribution in [0.2, 0.25) is 0 Å². The van der Waals surface area contributed by atoms with Gasteiger partial charge in [-0.2, -0.15) is 0 Å². The van der Waals surface area contributed by atoms with Gasteiger partial charge in [0.2, 0.25) is 11.8 Å². The molecule has 2 N–H and O–H groups in total. The van der Waals surface area contributed by atoms with Gasteiger partial charge in [0, 0.05) is 11.7 Å². The second kappa shape index (κ2) is 6.96. The van der Waals surface area contributed by atoms with Crippen LogP contribution in [0.3, 0.4) is 0 Å². The minimum absolute atomic E-state index is 0.0724. The van der Waals surface area contributed by atoms with Gasteiger partial charge in [0.1, 0.15) is 5.41 Å². The third kappa shape index (κ3) is 4.37. The topological polar surface area (TPSA) is 58.2 Å². The van der Waals surface area contributed by atoms with Crippen molar-refractivity contribution in [3.63, 3.8) is 0 Å². The van der Waals surface area contributed by atoms with Gasteiger partial charge in [0.15, 0.2) is 0 Å². The van der Waals surface area contributed by atoms with Gasteiger partial charge in [-0.1, -0.05) is 45.7 Å². The Hall–Kier alpha value is -1.84. The van der Waals surface area contributed by atoms with Crippen molar-refractivity contribution in [1.82, 2.24) is 5.32 Å².